The lowest BCUT2D eigenvalue weighted by Crippen LogP contribution is -2.39. The largest absolute Gasteiger partial charge is 0.756 e. The monoisotopic (exact) mass is 1960 g/mol. The molecule has 43 nitrogen and oxygen atoms in total. The van der Waals surface area contributed by atoms with Crippen LogP contribution in [-0.4, -0.2) is 309 Å². The first-order valence-electron chi connectivity index (χ1n) is 39.8. The zero-order chi connectivity index (χ0) is 89.3. The first-order chi connectivity index (χ1) is 56.7. The number of carbonyl (C=O) groups excluding carboxylic acids is 6. The van der Waals surface area contributed by atoms with Gasteiger partial charge in [-0.05, 0) is 128 Å². The van der Waals surface area contributed by atoms with Gasteiger partial charge in [0, 0.05) is 123 Å². The summed E-state index contributed by atoms with van der Waals surface area (Å²) in [7, 11) is -19.0. The molecule has 0 aromatic heterocycles. The predicted molar refractivity (Wildman–Crippen MR) is 453 cm³/mol. The van der Waals surface area contributed by atoms with Gasteiger partial charge in [0.05, 0.1) is 113 Å². The summed E-state index contributed by atoms with van der Waals surface area (Å²) in [6.45, 7) is -0.370. The summed E-state index contributed by atoms with van der Waals surface area (Å²) in [5.74, 6) is 1.42. The van der Waals surface area contributed by atoms with Crippen molar-refractivity contribution in [1.29, 1.82) is 0 Å². The van der Waals surface area contributed by atoms with E-state index in [1.54, 1.807) is 43.2 Å². The highest BCUT2D eigenvalue weighted by Crippen LogP contribution is 2.48. The number of β-amino-alcohol motifs (C(OH)–C–C–N with tert-alkyl or cyclic N) is 3. The van der Waals surface area contributed by atoms with E-state index in [2.05, 4.69) is 26.2 Å². The molecule has 6 amide bonds. The molecule has 0 saturated carbocycles. The van der Waals surface area contributed by atoms with Crippen molar-refractivity contribution in [3.05, 3.63) is 0 Å². The van der Waals surface area contributed by atoms with Crippen LogP contribution in [0, 0.1) is 0 Å². The zero-order valence-electron chi connectivity index (χ0n) is 68.4. The molecule has 11 N–H and O–H groups in total. The van der Waals surface area contributed by atoms with Gasteiger partial charge >= 0.3 is 0 Å². The number of phosphoric ester groups is 6. The number of aliphatic hydroxyl groups excluding tert-OH is 3. The Hall–Kier alpha value is -1.05. The van der Waals surface area contributed by atoms with E-state index in [1.807, 2.05) is 6.26 Å². The second-order valence-corrected chi connectivity index (χ2v) is 43.5. The minimum Gasteiger partial charge on any atom is -0.756 e. The van der Waals surface area contributed by atoms with E-state index in [1.165, 1.54) is 29.4 Å². The molecule has 54 heteroatoms. The molecule has 18 atom stereocenters. The maximum Gasteiger partial charge on any atom is 0.268 e. The fourth-order valence-corrected chi connectivity index (χ4v) is 21.4. The Kier molecular flexibility index (Phi) is 58.4. The van der Waals surface area contributed by atoms with Crippen molar-refractivity contribution < 1.29 is 155 Å². The third kappa shape index (κ3) is 45.4. The number of thiol groups is 1. The number of nitrogens with zero attached hydrogens (tertiary/aromatic N) is 6. The summed E-state index contributed by atoms with van der Waals surface area (Å²) in [6, 6.07) is -4.19. The summed E-state index contributed by atoms with van der Waals surface area (Å²) in [6.07, 6.45) is 6.41. The van der Waals surface area contributed by atoms with E-state index < -0.39 is 140 Å². The van der Waals surface area contributed by atoms with E-state index in [-0.39, 0.29) is 186 Å². The number of phosphoric acid groups is 6. The summed E-state index contributed by atoms with van der Waals surface area (Å²) < 4.78 is 131. The van der Waals surface area contributed by atoms with Crippen LogP contribution in [-0.2, 0) is 110 Å². The third-order valence-corrected chi connectivity index (χ3v) is 30.3. The van der Waals surface area contributed by atoms with Gasteiger partial charge in [-0.3, -0.25) is 56.2 Å². The molecule has 6 saturated heterocycles. The molecule has 6 aliphatic rings. The maximum atomic E-state index is 12.9. The molecule has 0 aromatic carbocycles. The average Bonchev–Trinajstić information content (AvgIpc) is 1.68. The second-order valence-electron chi connectivity index (χ2n) is 29.0. The van der Waals surface area contributed by atoms with Crippen LogP contribution in [0.25, 0.3) is 0 Å². The topological polar surface area (TPSA) is 638 Å². The molecule has 0 radical (unpaired) electrons. The Morgan fingerprint density at radius 1 is 0.344 bits per heavy atom. The van der Waals surface area contributed by atoms with Gasteiger partial charge in [-0.15, -0.1) is 0 Å². The van der Waals surface area contributed by atoms with Crippen LogP contribution in [0.15, 0.2) is 0 Å². The van der Waals surface area contributed by atoms with Crippen LogP contribution in [0.2, 0.25) is 0 Å². The summed E-state index contributed by atoms with van der Waals surface area (Å²) in [5.41, 5.74) is 21.9. The van der Waals surface area contributed by atoms with Crippen molar-refractivity contribution in [3.8, 4) is 0 Å². The zero-order valence-corrected chi connectivity index (χ0v) is 77.9. The number of amides is 6. The highest BCUT2D eigenvalue weighted by molar-refractivity contribution is 8.76. The quantitative estimate of drug-likeness (QED) is 0.0187. The van der Waals surface area contributed by atoms with Gasteiger partial charge in [0.15, 0.2) is 0 Å². The van der Waals surface area contributed by atoms with Gasteiger partial charge in [-0.25, -0.2) is 0 Å². The number of nitrogens with two attached hydrogens (primary N) is 4. The molecule has 0 spiro atoms. The maximum absolute atomic E-state index is 12.9. The van der Waals surface area contributed by atoms with Crippen molar-refractivity contribution in [1.82, 2.24) is 29.4 Å². The van der Waals surface area contributed by atoms with Crippen LogP contribution in [0.4, 0.5) is 0 Å². The molecule has 718 valence electrons. The van der Waals surface area contributed by atoms with Crippen LogP contribution in [0.5, 0.6) is 0 Å². The van der Waals surface area contributed by atoms with Gasteiger partial charge in [-0.2, -0.15) is 12.6 Å². The highest BCUT2D eigenvalue weighted by atomic mass is 33.1. The molecular formula is C68H132N10O33P6S5-6. The van der Waals surface area contributed by atoms with Gasteiger partial charge in [0.25, 0.3) is 46.9 Å². The van der Waals surface area contributed by atoms with Crippen LogP contribution in [0.1, 0.15) is 169 Å². The lowest BCUT2D eigenvalue weighted by molar-refractivity contribution is -0.231. The van der Waals surface area contributed by atoms with Crippen molar-refractivity contribution in [3.63, 3.8) is 0 Å². The second kappa shape index (κ2) is 60.9. The van der Waals surface area contributed by atoms with E-state index in [4.69, 9.17) is 63.6 Å². The molecule has 6 heterocycles. The van der Waals surface area contributed by atoms with Gasteiger partial charge in [0.2, 0.25) is 35.4 Å². The molecule has 6 aliphatic heterocycles. The van der Waals surface area contributed by atoms with Gasteiger partial charge in [-0.1, -0.05) is 77.3 Å². The molecule has 6 fully saturated rings. The van der Waals surface area contributed by atoms with Gasteiger partial charge in [0.1, 0.15) is 0 Å². The Labute approximate surface area is 738 Å². The van der Waals surface area contributed by atoms with Crippen molar-refractivity contribution in [2.45, 2.75) is 242 Å². The normalized spacial score (nSPS) is 25.7. The Morgan fingerprint density at radius 3 is 0.836 bits per heavy atom. The molecule has 6 rings (SSSR count). The Morgan fingerprint density at radius 2 is 0.582 bits per heavy atom. The van der Waals surface area contributed by atoms with E-state index in [0.717, 1.165) is 77.1 Å². The summed E-state index contributed by atoms with van der Waals surface area (Å²) in [5, 5.41) is 30.2. The number of rotatable bonds is 57. The number of hydrogen-bond donors (Lipinski definition) is 8. The van der Waals surface area contributed by atoms with E-state index in [9.17, 15) is 101 Å². The number of carbonyl (C=O) groups is 6. The number of unbranched alkanes of at least 4 members (excludes halogenated alkanes) is 6. The molecule has 0 bridgehead atoms. The lowest BCUT2D eigenvalue weighted by Gasteiger charge is -2.30. The Bertz CT molecular complexity index is 3380. The average molecular weight is 1960 g/mol. The number of likely N-dealkylation sites (tertiary alicyclic amines) is 6. The number of aliphatic hydroxyl groups is 3. The SMILES string of the molecule is C.C.COP(=O)([O-])OC[C@@H]1C[C@@H](OP(=O)([O-])OC[C@@H]2C[C@@H](O)CN2C(=O)CCCS)CN1C(=O)CCCCCN.COP(=O)([O-])OC[C@@H]1C[C@@H](OP(=O)([O-])OC[C@@H]2C[C@@H](O)CN2C(=O)CCCSSC)CN1C(=O)CCCCCN.COP(=O)([O-])OC[C@@H]1C[C@@H](OP(=O)([O-])OC[C@@H]2C[C@@H](O)CN2C(=O)CCCSSCCN)CN1C(=O)CCCCCN. The summed E-state index contributed by atoms with van der Waals surface area (Å²) >= 11 is 4.08. The minimum absolute atomic E-state index is 0. The van der Waals surface area contributed by atoms with Crippen molar-refractivity contribution in [2.24, 2.45) is 22.9 Å². The smallest absolute Gasteiger partial charge is 0.268 e. The molecule has 6 unspecified atom stereocenters. The fraction of sp³-hybridized carbons (Fsp3) is 0.912. The summed E-state index contributed by atoms with van der Waals surface area (Å²) in [4.78, 5) is 158. The molecular weight excluding hydrogens is 1830 g/mol. The third-order valence-electron chi connectivity index (χ3n) is 19.8. The molecule has 0 aliphatic carbocycles. The van der Waals surface area contributed by atoms with Crippen molar-refractivity contribution in [2.75, 3.05) is 156 Å². The first-order valence-corrected chi connectivity index (χ1v) is 54.4. The molecule has 122 heavy (non-hydrogen) atoms. The van der Waals surface area contributed by atoms with Crippen LogP contribution >= 0.6 is 103 Å². The standard InChI is InChI=1S/C23H46N4O11P2S2.C22H43N3O11P2S2.C21H41N3O11P2S.2CH4/c1-35-39(31,32)36-17-19-13-21(15-27(19)22(29)6-3-2-4-8-24)38-40(33,34)37-16-18-12-20(28)14-26(18)23(30)7-5-10-41-42-11-9-25;1-33-37(29,30)34-16-18-12-20(14-25(18)21(27)7-4-3-5-9-23)36-38(31,32)35-15-17-11-19(26)13-24(17)22(28)8-6-10-40-39-2;1-32-36(28,29)33-15-17-11-19(13-24(17)20(26)6-3-2-4-8-22)35-37(30,31)34-14-16-10-18(25)12-23(16)21(27)7-5-9-38;;/h18-21,28H,2-17,24-25H2,1H3,(H,31,32)(H,33,34);17-20,26H,3-16,23H2,1-2H3,(H,29,30)(H,31,32);16-19,25,38H,2-15,22H2,1H3,(H,28,29)(H,30,31);2*1H4/p-6/t18-,19-,20+,21+;17-,18-,19+,20+;16-,17-,18+,19+;;/m000../s1. The van der Waals surface area contributed by atoms with E-state index >= 15 is 0 Å². The van der Waals surface area contributed by atoms with Crippen LogP contribution < -0.4 is 52.3 Å². The Balaban J connectivity index is 0.000000616. The number of hydrogen-bond acceptors (Lipinski definition) is 42. The van der Waals surface area contributed by atoms with E-state index in [0.29, 0.717) is 70.5 Å². The predicted octanol–water partition coefficient (Wildman–Crippen LogP) is 2.10. The van der Waals surface area contributed by atoms with Gasteiger partial charge < -0.3 is 151 Å². The highest BCUT2D eigenvalue weighted by Gasteiger charge is 2.44. The van der Waals surface area contributed by atoms with Crippen LogP contribution in [0.3, 0.4) is 0 Å². The van der Waals surface area contributed by atoms with Crippen molar-refractivity contribution >= 4 is 138 Å². The first kappa shape index (κ1) is 117. The molecule has 0 aromatic rings. The fourth-order valence-electron chi connectivity index (χ4n) is 13.9. The lowest BCUT2D eigenvalue weighted by atomic mass is 10.1. The minimum atomic E-state index is -4.90.